The summed E-state index contributed by atoms with van der Waals surface area (Å²) in [5.41, 5.74) is 0.526. The van der Waals surface area contributed by atoms with Crippen LogP contribution in [-0.2, 0) is 14.1 Å². The van der Waals surface area contributed by atoms with Crippen molar-refractivity contribution in [2.45, 2.75) is 19.3 Å². The van der Waals surface area contributed by atoms with Gasteiger partial charge < -0.3 is 13.9 Å². The van der Waals surface area contributed by atoms with E-state index in [1.807, 2.05) is 6.08 Å². The molecular formula is C23H25N4O4+. The van der Waals surface area contributed by atoms with Crippen LogP contribution in [0.15, 0.2) is 38.8 Å². The van der Waals surface area contributed by atoms with Crippen molar-refractivity contribution in [2.24, 2.45) is 19.1 Å². The summed E-state index contributed by atoms with van der Waals surface area (Å²) in [7, 11) is 4.71. The molecule has 0 spiro atoms. The minimum Gasteiger partial charge on any atom is -0.497 e. The van der Waals surface area contributed by atoms with Crippen LogP contribution < -0.4 is 26.6 Å². The van der Waals surface area contributed by atoms with Crippen molar-refractivity contribution in [2.75, 3.05) is 20.2 Å². The summed E-state index contributed by atoms with van der Waals surface area (Å²) in [6.45, 7) is 1.70. The van der Waals surface area contributed by atoms with Crippen molar-refractivity contribution >= 4 is 29.5 Å². The normalized spacial score (nSPS) is 17.1. The number of carbonyl (C=O) groups is 1. The molecule has 160 valence electrons. The zero-order valence-corrected chi connectivity index (χ0v) is 17.9. The topological polar surface area (TPSA) is 85.7 Å². The van der Waals surface area contributed by atoms with E-state index in [2.05, 4.69) is 9.57 Å². The lowest BCUT2D eigenvalue weighted by atomic mass is 10.1. The molecule has 1 aromatic carbocycles. The Morgan fingerprint density at radius 1 is 0.935 bits per heavy atom. The van der Waals surface area contributed by atoms with Gasteiger partial charge in [0.25, 0.3) is 5.91 Å². The van der Waals surface area contributed by atoms with Gasteiger partial charge in [-0.05, 0) is 36.8 Å². The molecule has 0 saturated carbocycles. The maximum atomic E-state index is 12.9. The molecule has 0 bridgehead atoms. The van der Waals surface area contributed by atoms with Gasteiger partial charge in [0.15, 0.2) is 0 Å². The standard InChI is InChI=1S/C23H25N4O4/c1-25-19-13-17(24-21(28)15-7-9-16(31-3)10-8-15)18(27-11-5-4-6-12-27)14-20(19)26(2)23(30)22(25)29/h7-10,13-14H,4-6,11-12H2,1-3H3/q+1. The Morgan fingerprint density at radius 3 is 2.10 bits per heavy atom. The van der Waals surface area contributed by atoms with Crippen LogP contribution in [-0.4, -0.2) is 51.2 Å². The molecule has 1 aliphatic carbocycles. The number of piperidine rings is 1. The van der Waals surface area contributed by atoms with Gasteiger partial charge in [-0.25, -0.2) is 9.57 Å². The van der Waals surface area contributed by atoms with Gasteiger partial charge >= 0.3 is 11.1 Å². The molecular weight excluding hydrogens is 396 g/mol. The SMILES string of the molecule is COc1ccc(C(=O)N=C2C=c3c(n(C)c(=O)c(=O)n3C)=CC2=[N+]2CCCCC2)cc1. The third kappa shape index (κ3) is 3.81. The number of hydrogen-bond donors (Lipinski definition) is 0. The van der Waals surface area contributed by atoms with Crippen LogP contribution in [0.2, 0.25) is 0 Å². The van der Waals surface area contributed by atoms with Gasteiger partial charge in [0, 0.05) is 38.6 Å². The van der Waals surface area contributed by atoms with Gasteiger partial charge in [-0.15, -0.1) is 0 Å². The second-order valence-corrected chi connectivity index (χ2v) is 7.75. The van der Waals surface area contributed by atoms with Crippen LogP contribution in [0.3, 0.4) is 0 Å². The molecule has 1 amide bonds. The Hall–Kier alpha value is -3.55. The summed E-state index contributed by atoms with van der Waals surface area (Å²) in [5, 5.41) is 1.18. The highest BCUT2D eigenvalue weighted by Gasteiger charge is 2.25. The highest BCUT2D eigenvalue weighted by molar-refractivity contribution is 6.61. The quantitative estimate of drug-likeness (QED) is 0.487. The van der Waals surface area contributed by atoms with E-state index >= 15 is 0 Å². The Kier molecular flexibility index (Phi) is 5.54. The van der Waals surface area contributed by atoms with E-state index in [0.29, 0.717) is 27.7 Å². The third-order valence-electron chi connectivity index (χ3n) is 5.84. The maximum Gasteiger partial charge on any atom is 0.316 e. The lowest BCUT2D eigenvalue weighted by Gasteiger charge is -2.16. The third-order valence-corrected chi connectivity index (χ3v) is 5.84. The first-order chi connectivity index (χ1) is 14.9. The van der Waals surface area contributed by atoms with Crippen molar-refractivity contribution in [3.63, 3.8) is 0 Å². The van der Waals surface area contributed by atoms with Gasteiger partial charge in [0.05, 0.1) is 17.8 Å². The summed E-state index contributed by atoms with van der Waals surface area (Å²) in [6, 6.07) is 6.78. The fraction of sp³-hybridized carbons (Fsp3) is 0.348. The summed E-state index contributed by atoms with van der Waals surface area (Å²) >= 11 is 0. The molecule has 8 heteroatoms. The lowest BCUT2D eigenvalue weighted by Crippen LogP contribution is -2.58. The van der Waals surface area contributed by atoms with Crippen LogP contribution in [0.1, 0.15) is 29.6 Å². The van der Waals surface area contributed by atoms with Crippen molar-refractivity contribution in [3.8, 4) is 5.75 Å². The molecule has 2 heterocycles. The molecule has 1 saturated heterocycles. The fourth-order valence-corrected chi connectivity index (χ4v) is 3.98. The molecule has 0 N–H and O–H groups in total. The second kappa shape index (κ2) is 8.29. The van der Waals surface area contributed by atoms with Gasteiger partial charge in [-0.2, -0.15) is 0 Å². The summed E-state index contributed by atoms with van der Waals surface area (Å²) in [4.78, 5) is 42.0. The first kappa shape index (κ1) is 20.7. The number of aliphatic imine (C=N–C) groups is 1. The van der Waals surface area contributed by atoms with E-state index < -0.39 is 11.1 Å². The number of methoxy groups -OCH3 is 1. The molecule has 8 nitrogen and oxygen atoms in total. The van der Waals surface area contributed by atoms with Gasteiger partial charge in [0.1, 0.15) is 24.6 Å². The molecule has 4 rings (SSSR count). The first-order valence-corrected chi connectivity index (χ1v) is 10.3. The number of fused-ring (bicyclic) bond motifs is 1. The Bertz CT molecular complexity index is 1350. The molecule has 1 aliphatic heterocycles. The van der Waals surface area contributed by atoms with E-state index in [0.717, 1.165) is 38.1 Å². The van der Waals surface area contributed by atoms with Gasteiger partial charge in [-0.1, -0.05) is 0 Å². The number of hydrogen-bond acceptors (Lipinski definition) is 4. The highest BCUT2D eigenvalue weighted by Crippen LogP contribution is 2.13. The van der Waals surface area contributed by atoms with E-state index in [-0.39, 0.29) is 5.91 Å². The monoisotopic (exact) mass is 421 g/mol. The predicted octanol–water partition coefficient (Wildman–Crippen LogP) is -0.414. The summed E-state index contributed by atoms with van der Waals surface area (Å²) in [5.74, 6) is 0.280. The number of benzene rings is 1. The van der Waals surface area contributed by atoms with Crippen molar-refractivity contribution in [1.82, 2.24) is 9.13 Å². The highest BCUT2D eigenvalue weighted by atomic mass is 16.5. The average molecular weight is 421 g/mol. The predicted molar refractivity (Wildman–Crippen MR) is 119 cm³/mol. The molecule has 0 atom stereocenters. The van der Waals surface area contributed by atoms with Crippen molar-refractivity contribution in [3.05, 3.63) is 61.2 Å². The molecule has 0 unspecified atom stereocenters. The number of aromatic nitrogens is 2. The van der Waals surface area contributed by atoms with Crippen LogP contribution in [0.5, 0.6) is 5.75 Å². The second-order valence-electron chi connectivity index (χ2n) is 7.75. The first-order valence-electron chi connectivity index (χ1n) is 10.3. The lowest BCUT2D eigenvalue weighted by molar-refractivity contribution is -0.534. The van der Waals surface area contributed by atoms with Gasteiger partial charge in [-0.3, -0.25) is 14.4 Å². The zero-order valence-electron chi connectivity index (χ0n) is 17.9. The number of carbonyl (C=O) groups excluding carboxylic acids is 1. The molecule has 1 aromatic heterocycles. The van der Waals surface area contributed by atoms with E-state index in [9.17, 15) is 14.4 Å². The molecule has 2 aromatic rings. The maximum absolute atomic E-state index is 12.9. The van der Waals surface area contributed by atoms with Gasteiger partial charge in [0.2, 0.25) is 5.71 Å². The number of rotatable bonds is 2. The molecule has 31 heavy (non-hydrogen) atoms. The Morgan fingerprint density at radius 2 is 1.52 bits per heavy atom. The minimum absolute atomic E-state index is 0.380. The number of amides is 1. The van der Waals surface area contributed by atoms with E-state index in [4.69, 9.17) is 4.74 Å². The fourth-order valence-electron chi connectivity index (χ4n) is 3.98. The molecule has 1 fully saturated rings. The smallest absolute Gasteiger partial charge is 0.316 e. The summed E-state index contributed by atoms with van der Waals surface area (Å²) in [6.07, 6.45) is 6.85. The zero-order chi connectivity index (χ0) is 22.1. The van der Waals surface area contributed by atoms with Crippen LogP contribution in [0.4, 0.5) is 0 Å². The van der Waals surface area contributed by atoms with Crippen molar-refractivity contribution in [1.29, 1.82) is 0 Å². The van der Waals surface area contributed by atoms with Crippen molar-refractivity contribution < 1.29 is 14.1 Å². The number of nitrogens with zero attached hydrogens (tertiary/aromatic N) is 4. The minimum atomic E-state index is -0.617. The Balaban J connectivity index is 1.93. The van der Waals surface area contributed by atoms with Crippen LogP contribution in [0.25, 0.3) is 12.2 Å². The van der Waals surface area contributed by atoms with Crippen LogP contribution >= 0.6 is 0 Å². The van der Waals surface area contributed by atoms with E-state index in [1.54, 1.807) is 51.5 Å². The molecule has 0 radical (unpaired) electrons. The van der Waals surface area contributed by atoms with E-state index in [1.165, 1.54) is 9.13 Å². The Labute approximate surface area is 178 Å². The summed E-state index contributed by atoms with van der Waals surface area (Å²) < 4.78 is 10.0. The molecule has 2 aliphatic rings. The number of ether oxygens (including phenoxy) is 1. The average Bonchev–Trinajstić information content (AvgIpc) is 2.81. The largest absolute Gasteiger partial charge is 0.497 e. The van der Waals surface area contributed by atoms with Crippen LogP contribution in [0, 0.1) is 0 Å².